The summed E-state index contributed by atoms with van der Waals surface area (Å²) in [5.74, 6) is 2.90. The van der Waals surface area contributed by atoms with E-state index in [1.165, 1.54) is 6.21 Å². The zero-order chi connectivity index (χ0) is 13.7. The maximum Gasteiger partial charge on any atom is 0.194 e. The summed E-state index contributed by atoms with van der Waals surface area (Å²) in [6, 6.07) is 0.598. The van der Waals surface area contributed by atoms with E-state index >= 15 is 0 Å². The normalized spacial score (nSPS) is 23.8. The Balaban J connectivity index is 1.84. The predicted molar refractivity (Wildman–Crippen MR) is 74.7 cm³/mol. The maximum atomic E-state index is 5.80. The summed E-state index contributed by atoms with van der Waals surface area (Å²) < 4.78 is 11.0. The van der Waals surface area contributed by atoms with Gasteiger partial charge in [-0.15, -0.1) is 6.42 Å². The van der Waals surface area contributed by atoms with Crippen molar-refractivity contribution < 1.29 is 9.47 Å². The monoisotopic (exact) mass is 263 g/mol. The molecule has 19 heavy (non-hydrogen) atoms. The van der Waals surface area contributed by atoms with Crippen LogP contribution in [0.25, 0.3) is 0 Å². The van der Waals surface area contributed by atoms with Crippen LogP contribution in [0.1, 0.15) is 12.8 Å². The minimum absolute atomic E-state index is 0.145. The first-order valence-corrected chi connectivity index (χ1v) is 6.61. The molecule has 0 aromatic heterocycles. The number of allylic oxidation sites excluding steroid dienone is 2. The van der Waals surface area contributed by atoms with Crippen molar-refractivity contribution in [1.82, 2.24) is 4.90 Å². The Morgan fingerprint density at radius 3 is 2.63 bits per heavy atom. The first kappa shape index (κ1) is 13.9. The molecule has 2 fully saturated rings. The fourth-order valence-corrected chi connectivity index (χ4v) is 2.34. The maximum absolute atomic E-state index is 5.80. The van der Waals surface area contributed by atoms with Crippen LogP contribution in [0.2, 0.25) is 0 Å². The van der Waals surface area contributed by atoms with Crippen molar-refractivity contribution >= 4 is 6.21 Å². The van der Waals surface area contributed by atoms with Crippen LogP contribution in [-0.2, 0) is 9.47 Å². The topological polar surface area (TPSA) is 60.1 Å². The quantitative estimate of drug-likeness (QED) is 0.452. The van der Waals surface area contributed by atoms with Crippen molar-refractivity contribution in [3.05, 3.63) is 11.5 Å². The Hall–Kier alpha value is -1.51. The highest BCUT2D eigenvalue weighted by atomic mass is 16.5. The number of piperidine rings is 1. The lowest BCUT2D eigenvalue weighted by molar-refractivity contribution is -0.0812. The van der Waals surface area contributed by atoms with Crippen molar-refractivity contribution in [3.8, 4) is 12.3 Å². The highest BCUT2D eigenvalue weighted by molar-refractivity contribution is 5.78. The smallest absolute Gasteiger partial charge is 0.194 e. The average molecular weight is 263 g/mol. The van der Waals surface area contributed by atoms with Gasteiger partial charge in [0.05, 0.1) is 19.3 Å². The zero-order valence-corrected chi connectivity index (χ0v) is 11.3. The minimum Gasteiger partial charge on any atom is -0.480 e. The lowest BCUT2D eigenvalue weighted by Gasteiger charge is -2.41. The van der Waals surface area contributed by atoms with Gasteiger partial charge in [-0.2, -0.15) is 0 Å². The number of ether oxygens (including phenoxy) is 2. The second kappa shape index (κ2) is 6.60. The van der Waals surface area contributed by atoms with E-state index in [0.717, 1.165) is 39.1 Å². The highest BCUT2D eigenvalue weighted by Gasteiger charge is 2.30. The molecule has 0 aromatic rings. The molecule has 0 bridgehead atoms. The van der Waals surface area contributed by atoms with E-state index in [0.29, 0.717) is 17.5 Å². The highest BCUT2D eigenvalue weighted by Crippen LogP contribution is 2.21. The van der Waals surface area contributed by atoms with Crippen molar-refractivity contribution in [2.45, 2.75) is 25.0 Å². The lowest BCUT2D eigenvalue weighted by atomic mass is 10.0. The predicted octanol–water partition coefficient (Wildman–Crippen LogP) is 0.370. The van der Waals surface area contributed by atoms with E-state index in [-0.39, 0.29) is 6.10 Å². The van der Waals surface area contributed by atoms with Crippen molar-refractivity contribution in [3.63, 3.8) is 0 Å². The van der Waals surface area contributed by atoms with Gasteiger partial charge in [0.1, 0.15) is 11.8 Å². The standard InChI is InChI=1S/C14H21N3O2/c1-3-14(13(15)8-16-2)19-12-4-6-17(7-5-12)11-9-18-10-11/h1,8,11-12H,4-7,9-10,15H2,2H3/b14-13-,16-8-. The molecule has 2 heterocycles. The minimum atomic E-state index is 0.145. The number of nitrogens with two attached hydrogens (primary N) is 1. The summed E-state index contributed by atoms with van der Waals surface area (Å²) in [6.45, 7) is 3.78. The third-order valence-electron chi connectivity index (χ3n) is 3.56. The molecule has 0 aromatic carbocycles. The number of aliphatic imine (C=N–C) groups is 1. The second-order valence-electron chi connectivity index (χ2n) is 4.86. The third-order valence-corrected chi connectivity index (χ3v) is 3.56. The van der Waals surface area contributed by atoms with Gasteiger partial charge in [-0.25, -0.2) is 0 Å². The molecular formula is C14H21N3O2. The number of rotatable bonds is 4. The molecule has 104 valence electrons. The third kappa shape index (κ3) is 3.49. The number of terminal acetylenes is 1. The van der Waals surface area contributed by atoms with Gasteiger partial charge in [-0.05, 0) is 18.8 Å². The molecule has 0 radical (unpaired) electrons. The van der Waals surface area contributed by atoms with Gasteiger partial charge in [-0.1, -0.05) is 0 Å². The molecule has 0 amide bonds. The Labute approximate surface area is 114 Å². The number of nitrogens with zero attached hydrogens (tertiary/aromatic N) is 2. The zero-order valence-electron chi connectivity index (χ0n) is 11.3. The fraction of sp³-hybridized carbons (Fsp3) is 0.643. The van der Waals surface area contributed by atoms with Crippen molar-refractivity contribution in [2.75, 3.05) is 33.4 Å². The van der Waals surface area contributed by atoms with Gasteiger partial charge < -0.3 is 15.2 Å². The van der Waals surface area contributed by atoms with E-state index in [9.17, 15) is 0 Å². The summed E-state index contributed by atoms with van der Waals surface area (Å²) in [5.41, 5.74) is 6.21. The Morgan fingerprint density at radius 1 is 1.47 bits per heavy atom. The summed E-state index contributed by atoms with van der Waals surface area (Å²) in [7, 11) is 1.65. The molecule has 0 spiro atoms. The molecule has 0 atom stereocenters. The SMILES string of the molecule is C#C/C(OC1CCN(C2COC2)CC1)=C(N)\C=N/C. The van der Waals surface area contributed by atoms with Crippen LogP contribution < -0.4 is 5.73 Å². The van der Waals surface area contributed by atoms with Gasteiger partial charge in [0.25, 0.3) is 0 Å². The van der Waals surface area contributed by atoms with Gasteiger partial charge >= 0.3 is 0 Å². The van der Waals surface area contributed by atoms with Gasteiger partial charge in [0, 0.05) is 26.4 Å². The van der Waals surface area contributed by atoms with E-state index in [1.54, 1.807) is 7.05 Å². The lowest BCUT2D eigenvalue weighted by Crippen LogP contribution is -2.52. The molecule has 2 N–H and O–H groups in total. The number of likely N-dealkylation sites (tertiary alicyclic amines) is 1. The number of hydrogen-bond donors (Lipinski definition) is 1. The Bertz CT molecular complexity index is 399. The Morgan fingerprint density at radius 2 is 2.16 bits per heavy atom. The molecule has 2 rings (SSSR count). The van der Waals surface area contributed by atoms with E-state index in [4.69, 9.17) is 21.6 Å². The summed E-state index contributed by atoms with van der Waals surface area (Å²) in [6.07, 6.45) is 9.04. The van der Waals surface area contributed by atoms with Crippen molar-refractivity contribution in [2.24, 2.45) is 10.7 Å². The molecule has 2 aliphatic rings. The van der Waals surface area contributed by atoms with Crippen LogP contribution >= 0.6 is 0 Å². The largest absolute Gasteiger partial charge is 0.480 e. The van der Waals surface area contributed by atoms with Gasteiger partial charge in [0.2, 0.25) is 0 Å². The molecule has 0 saturated carbocycles. The van der Waals surface area contributed by atoms with Crippen LogP contribution in [-0.4, -0.2) is 56.6 Å². The molecule has 0 aliphatic carbocycles. The summed E-state index contributed by atoms with van der Waals surface area (Å²) in [5, 5.41) is 0. The fourth-order valence-electron chi connectivity index (χ4n) is 2.34. The summed E-state index contributed by atoms with van der Waals surface area (Å²) in [4.78, 5) is 6.30. The molecule has 0 unspecified atom stereocenters. The van der Waals surface area contributed by atoms with Crippen LogP contribution in [0.15, 0.2) is 16.4 Å². The molecule has 5 nitrogen and oxygen atoms in total. The van der Waals surface area contributed by atoms with Crippen LogP contribution in [0.3, 0.4) is 0 Å². The van der Waals surface area contributed by atoms with E-state index in [2.05, 4.69) is 15.8 Å². The molecule has 2 saturated heterocycles. The van der Waals surface area contributed by atoms with E-state index in [1.807, 2.05) is 0 Å². The van der Waals surface area contributed by atoms with E-state index < -0.39 is 0 Å². The van der Waals surface area contributed by atoms with Crippen LogP contribution in [0, 0.1) is 12.3 Å². The van der Waals surface area contributed by atoms with Gasteiger partial charge in [0.15, 0.2) is 5.76 Å². The molecule has 2 aliphatic heterocycles. The molecular weight excluding hydrogens is 242 g/mol. The first-order valence-electron chi connectivity index (χ1n) is 6.61. The number of hydrogen-bond acceptors (Lipinski definition) is 5. The summed E-state index contributed by atoms with van der Waals surface area (Å²) >= 11 is 0. The van der Waals surface area contributed by atoms with Crippen LogP contribution in [0.5, 0.6) is 0 Å². The van der Waals surface area contributed by atoms with Gasteiger partial charge in [-0.3, -0.25) is 9.89 Å². The second-order valence-corrected chi connectivity index (χ2v) is 4.86. The molecule has 5 heteroatoms. The first-order chi connectivity index (χ1) is 9.24. The van der Waals surface area contributed by atoms with Crippen LogP contribution in [0.4, 0.5) is 0 Å². The Kier molecular flexibility index (Phi) is 4.83. The average Bonchev–Trinajstić information content (AvgIpc) is 2.36. The van der Waals surface area contributed by atoms with Crippen molar-refractivity contribution in [1.29, 1.82) is 0 Å².